The molecule has 0 bridgehead atoms. The zero-order valence-corrected chi connectivity index (χ0v) is 13.7. The quantitative estimate of drug-likeness (QED) is 0.381. The van der Waals surface area contributed by atoms with Gasteiger partial charge < -0.3 is 0 Å². The molecule has 0 fully saturated rings. The van der Waals surface area contributed by atoms with Gasteiger partial charge in [-0.3, -0.25) is 9.59 Å². The van der Waals surface area contributed by atoms with Crippen molar-refractivity contribution < 1.29 is 9.59 Å². The van der Waals surface area contributed by atoms with Crippen molar-refractivity contribution in [3.63, 3.8) is 0 Å². The lowest BCUT2D eigenvalue weighted by molar-refractivity contribution is -0.115. The summed E-state index contributed by atoms with van der Waals surface area (Å²) in [5.41, 5.74) is 1.26. The Bertz CT molecular complexity index is 402. The molecule has 0 spiro atoms. The molecule has 0 unspecified atom stereocenters. The lowest BCUT2D eigenvalue weighted by atomic mass is 9.94. The highest BCUT2D eigenvalue weighted by atomic mass is 16.1. The van der Waals surface area contributed by atoms with E-state index >= 15 is 0 Å². The summed E-state index contributed by atoms with van der Waals surface area (Å²) in [6.45, 7) is 3.95. The largest absolute Gasteiger partial charge is 0.290 e. The van der Waals surface area contributed by atoms with Crippen molar-refractivity contribution >= 4 is 11.6 Å². The van der Waals surface area contributed by atoms with Crippen molar-refractivity contribution in [1.29, 1.82) is 0 Å². The van der Waals surface area contributed by atoms with Gasteiger partial charge in [-0.2, -0.15) is 0 Å². The molecule has 0 saturated heterocycles. The first kappa shape index (κ1) is 17.9. The first-order valence-corrected chi connectivity index (χ1v) is 8.62. The lowest BCUT2D eigenvalue weighted by Gasteiger charge is -2.09. The minimum atomic E-state index is -0.00307. The van der Waals surface area contributed by atoms with Crippen LogP contribution in [0.3, 0.4) is 0 Å². The van der Waals surface area contributed by atoms with Crippen LogP contribution in [-0.4, -0.2) is 11.6 Å². The summed E-state index contributed by atoms with van der Waals surface area (Å²) in [4.78, 5) is 23.3. The number of ketones is 2. The van der Waals surface area contributed by atoms with Crippen LogP contribution in [0.15, 0.2) is 23.3 Å². The molecular formula is C19H30O2. The summed E-state index contributed by atoms with van der Waals surface area (Å²) in [6, 6.07) is 0. The minimum absolute atomic E-state index is 0.00307. The van der Waals surface area contributed by atoms with Gasteiger partial charge in [-0.15, -0.1) is 0 Å². The van der Waals surface area contributed by atoms with E-state index in [1.54, 1.807) is 6.92 Å². The van der Waals surface area contributed by atoms with Gasteiger partial charge in [-0.25, -0.2) is 0 Å². The molecule has 0 N–H and O–H groups in total. The Labute approximate surface area is 129 Å². The molecule has 0 atom stereocenters. The molecule has 21 heavy (non-hydrogen) atoms. The average Bonchev–Trinajstić information content (AvgIpc) is 2.46. The summed E-state index contributed by atoms with van der Waals surface area (Å²) < 4.78 is 0. The van der Waals surface area contributed by atoms with E-state index in [1.165, 1.54) is 63.5 Å². The molecule has 1 rings (SSSR count). The van der Waals surface area contributed by atoms with Crippen molar-refractivity contribution in [1.82, 2.24) is 0 Å². The molecular weight excluding hydrogens is 260 g/mol. The van der Waals surface area contributed by atoms with Crippen molar-refractivity contribution in [2.24, 2.45) is 0 Å². The molecule has 0 radical (unpaired) electrons. The topological polar surface area (TPSA) is 34.1 Å². The van der Waals surface area contributed by atoms with Crippen LogP contribution < -0.4 is 0 Å². The highest BCUT2D eigenvalue weighted by Gasteiger charge is 2.16. The molecule has 0 saturated carbocycles. The average molecular weight is 290 g/mol. The molecule has 1 aliphatic rings. The van der Waals surface area contributed by atoms with E-state index in [0.29, 0.717) is 11.1 Å². The van der Waals surface area contributed by atoms with E-state index in [1.807, 2.05) is 0 Å². The van der Waals surface area contributed by atoms with Crippen LogP contribution in [0.4, 0.5) is 0 Å². The zero-order chi connectivity index (χ0) is 15.5. The standard InChI is InChI=1S/C19H30O2/c1-3-4-5-6-7-8-9-10-11-12-13-17-15-18(20)16(2)14-19(17)21/h14-15H,3-13H2,1-2H3. The monoisotopic (exact) mass is 290 g/mol. The summed E-state index contributed by atoms with van der Waals surface area (Å²) >= 11 is 0. The number of hydrogen-bond acceptors (Lipinski definition) is 2. The van der Waals surface area contributed by atoms with Crippen LogP contribution in [-0.2, 0) is 9.59 Å². The van der Waals surface area contributed by atoms with Gasteiger partial charge in [0.2, 0.25) is 0 Å². The van der Waals surface area contributed by atoms with Gasteiger partial charge in [0.15, 0.2) is 11.6 Å². The minimum Gasteiger partial charge on any atom is -0.290 e. The molecule has 2 heteroatoms. The number of rotatable bonds is 11. The molecule has 0 aromatic heterocycles. The van der Waals surface area contributed by atoms with Crippen LogP contribution >= 0.6 is 0 Å². The van der Waals surface area contributed by atoms with Crippen LogP contribution in [0.5, 0.6) is 0 Å². The Hall–Kier alpha value is -1.18. The van der Waals surface area contributed by atoms with Crippen molar-refractivity contribution in [3.8, 4) is 0 Å². The number of unbranched alkanes of at least 4 members (excludes halogenated alkanes) is 9. The molecule has 118 valence electrons. The van der Waals surface area contributed by atoms with E-state index < -0.39 is 0 Å². The normalized spacial score (nSPS) is 15.1. The van der Waals surface area contributed by atoms with Gasteiger partial charge in [0.1, 0.15) is 0 Å². The Morgan fingerprint density at radius 3 is 1.81 bits per heavy atom. The molecule has 1 aliphatic carbocycles. The number of carbonyl (C=O) groups is 2. The van der Waals surface area contributed by atoms with Gasteiger partial charge in [0.25, 0.3) is 0 Å². The second kappa shape index (κ2) is 10.5. The second-order valence-electron chi connectivity index (χ2n) is 6.16. The summed E-state index contributed by atoms with van der Waals surface area (Å²) in [5.74, 6) is 0.0275. The molecule has 0 aromatic rings. The fraction of sp³-hybridized carbons (Fsp3) is 0.684. The SMILES string of the molecule is CCCCCCCCCCCCC1=CC(=O)C(C)=CC1=O. The Kier molecular flexibility index (Phi) is 8.96. The van der Waals surface area contributed by atoms with E-state index in [2.05, 4.69) is 6.92 Å². The lowest BCUT2D eigenvalue weighted by Crippen LogP contribution is -2.11. The molecule has 0 aliphatic heterocycles. The Morgan fingerprint density at radius 2 is 1.24 bits per heavy atom. The second-order valence-corrected chi connectivity index (χ2v) is 6.16. The maximum Gasteiger partial charge on any atom is 0.182 e. The first-order chi connectivity index (χ1) is 10.1. The Balaban J connectivity index is 2.01. The van der Waals surface area contributed by atoms with E-state index in [0.717, 1.165) is 19.3 Å². The maximum absolute atomic E-state index is 11.7. The van der Waals surface area contributed by atoms with Crippen LogP contribution in [0.1, 0.15) is 84.5 Å². The van der Waals surface area contributed by atoms with E-state index in [-0.39, 0.29) is 11.6 Å². The summed E-state index contributed by atoms with van der Waals surface area (Å²) in [5, 5.41) is 0. The van der Waals surface area contributed by atoms with E-state index in [9.17, 15) is 9.59 Å². The smallest absolute Gasteiger partial charge is 0.182 e. The van der Waals surface area contributed by atoms with E-state index in [4.69, 9.17) is 0 Å². The Morgan fingerprint density at radius 1 is 0.714 bits per heavy atom. The zero-order valence-electron chi connectivity index (χ0n) is 13.7. The summed E-state index contributed by atoms with van der Waals surface area (Å²) in [6.07, 6.45) is 16.6. The van der Waals surface area contributed by atoms with Crippen LogP contribution in [0.2, 0.25) is 0 Å². The van der Waals surface area contributed by atoms with Crippen molar-refractivity contribution in [2.75, 3.05) is 0 Å². The van der Waals surface area contributed by atoms with Gasteiger partial charge in [-0.1, -0.05) is 64.7 Å². The van der Waals surface area contributed by atoms with Gasteiger partial charge in [0.05, 0.1) is 0 Å². The van der Waals surface area contributed by atoms with Gasteiger partial charge in [-0.05, 0) is 31.9 Å². The van der Waals surface area contributed by atoms with Crippen molar-refractivity contribution in [2.45, 2.75) is 84.5 Å². The first-order valence-electron chi connectivity index (χ1n) is 8.62. The predicted molar refractivity (Wildman–Crippen MR) is 88.3 cm³/mol. The number of hydrogen-bond donors (Lipinski definition) is 0. The fourth-order valence-electron chi connectivity index (χ4n) is 2.70. The highest BCUT2D eigenvalue weighted by molar-refractivity contribution is 6.19. The predicted octanol–water partition coefficient (Wildman–Crippen LogP) is 5.32. The third-order valence-electron chi connectivity index (χ3n) is 4.16. The highest BCUT2D eigenvalue weighted by Crippen LogP contribution is 2.18. The summed E-state index contributed by atoms with van der Waals surface area (Å²) in [7, 11) is 0. The van der Waals surface area contributed by atoms with Crippen molar-refractivity contribution in [3.05, 3.63) is 23.3 Å². The fourth-order valence-corrected chi connectivity index (χ4v) is 2.70. The van der Waals surface area contributed by atoms with Gasteiger partial charge in [0, 0.05) is 11.1 Å². The molecule has 2 nitrogen and oxygen atoms in total. The number of allylic oxidation sites excluding steroid dienone is 4. The molecule has 0 aromatic carbocycles. The molecule has 0 heterocycles. The third-order valence-corrected chi connectivity index (χ3v) is 4.16. The van der Waals surface area contributed by atoms with Gasteiger partial charge >= 0.3 is 0 Å². The van der Waals surface area contributed by atoms with Crippen LogP contribution in [0, 0.1) is 0 Å². The van der Waals surface area contributed by atoms with Crippen LogP contribution in [0.25, 0.3) is 0 Å². The third kappa shape index (κ3) is 7.40. The maximum atomic E-state index is 11.7. The molecule has 0 amide bonds. The number of carbonyl (C=O) groups excluding carboxylic acids is 2.